The molecule has 2 nitrogen and oxygen atoms in total. The van der Waals surface area contributed by atoms with E-state index in [-0.39, 0.29) is 5.82 Å². The van der Waals surface area contributed by atoms with Crippen molar-refractivity contribution in [1.82, 2.24) is 4.37 Å². The van der Waals surface area contributed by atoms with E-state index in [1.165, 1.54) is 23.7 Å². The minimum atomic E-state index is -0.239. The van der Waals surface area contributed by atoms with Gasteiger partial charge in [0.15, 0.2) is 0 Å². The summed E-state index contributed by atoms with van der Waals surface area (Å²) in [5, 5.41) is 0.836. The lowest BCUT2D eigenvalue weighted by Gasteiger charge is -1.91. The Balaban J connectivity index is 2.75. The number of benzene rings is 1. The largest absolute Gasteiger partial charge is 0.325 e. The fourth-order valence-electron chi connectivity index (χ4n) is 1.11. The van der Waals surface area contributed by atoms with Crippen LogP contribution in [0.1, 0.15) is 5.69 Å². The zero-order valence-electron chi connectivity index (χ0n) is 6.25. The third-order valence-corrected chi connectivity index (χ3v) is 2.56. The fraction of sp³-hybridized carbons (Fsp3) is 0.125. The lowest BCUT2D eigenvalue weighted by molar-refractivity contribution is 0.629. The van der Waals surface area contributed by atoms with E-state index < -0.39 is 0 Å². The Morgan fingerprint density at radius 3 is 3.08 bits per heavy atom. The SMILES string of the molecule is NCc1nsc2ccc(F)cc12. The molecule has 0 unspecified atom stereocenters. The van der Waals surface area contributed by atoms with Crippen LogP contribution in [0.2, 0.25) is 0 Å². The van der Waals surface area contributed by atoms with E-state index in [1.54, 1.807) is 6.07 Å². The molecule has 4 heteroatoms. The molecule has 0 atom stereocenters. The molecule has 1 heterocycles. The molecule has 0 saturated carbocycles. The highest BCUT2D eigenvalue weighted by Gasteiger charge is 2.04. The molecular formula is C8H7FN2S. The minimum absolute atomic E-state index is 0.239. The number of nitrogens with zero attached hydrogens (tertiary/aromatic N) is 1. The van der Waals surface area contributed by atoms with Crippen LogP contribution < -0.4 is 5.73 Å². The summed E-state index contributed by atoms with van der Waals surface area (Å²) in [5.41, 5.74) is 6.20. The van der Waals surface area contributed by atoms with Gasteiger partial charge in [-0.1, -0.05) is 0 Å². The number of nitrogens with two attached hydrogens (primary N) is 1. The standard InChI is InChI=1S/C8H7FN2S/c9-5-1-2-8-6(3-5)7(4-10)11-12-8/h1-3H,4,10H2. The lowest BCUT2D eigenvalue weighted by atomic mass is 10.2. The zero-order chi connectivity index (χ0) is 8.55. The van der Waals surface area contributed by atoms with Crippen LogP contribution >= 0.6 is 11.5 Å². The maximum absolute atomic E-state index is 12.8. The molecule has 0 aliphatic carbocycles. The quantitative estimate of drug-likeness (QED) is 0.731. The van der Waals surface area contributed by atoms with Gasteiger partial charge in [-0.3, -0.25) is 0 Å². The van der Waals surface area contributed by atoms with Crippen LogP contribution in [0.5, 0.6) is 0 Å². The summed E-state index contributed by atoms with van der Waals surface area (Å²) in [6.07, 6.45) is 0. The summed E-state index contributed by atoms with van der Waals surface area (Å²) in [6.45, 7) is 0.365. The topological polar surface area (TPSA) is 38.9 Å². The first kappa shape index (κ1) is 7.64. The highest BCUT2D eigenvalue weighted by atomic mass is 32.1. The fourth-order valence-corrected chi connectivity index (χ4v) is 1.89. The van der Waals surface area contributed by atoms with Crippen LogP contribution in [0.25, 0.3) is 10.1 Å². The summed E-state index contributed by atoms with van der Waals surface area (Å²) in [5.74, 6) is -0.239. The Hall–Kier alpha value is -1.00. The van der Waals surface area contributed by atoms with Gasteiger partial charge in [0.2, 0.25) is 0 Å². The van der Waals surface area contributed by atoms with Crippen molar-refractivity contribution in [3.63, 3.8) is 0 Å². The predicted octanol–water partition coefficient (Wildman–Crippen LogP) is 1.89. The maximum atomic E-state index is 12.8. The van der Waals surface area contributed by atoms with E-state index in [0.717, 1.165) is 15.8 Å². The van der Waals surface area contributed by atoms with Crippen molar-refractivity contribution < 1.29 is 4.39 Å². The van der Waals surface area contributed by atoms with E-state index in [9.17, 15) is 4.39 Å². The molecule has 2 aromatic rings. The summed E-state index contributed by atoms with van der Waals surface area (Å²) < 4.78 is 17.9. The van der Waals surface area contributed by atoms with Crippen LogP contribution in [0.4, 0.5) is 4.39 Å². The van der Waals surface area contributed by atoms with Crippen LogP contribution in [-0.2, 0) is 6.54 Å². The Morgan fingerprint density at radius 1 is 1.50 bits per heavy atom. The van der Waals surface area contributed by atoms with Gasteiger partial charge in [-0.2, -0.15) is 4.37 Å². The van der Waals surface area contributed by atoms with Gasteiger partial charge in [0.1, 0.15) is 5.82 Å². The van der Waals surface area contributed by atoms with Crippen molar-refractivity contribution in [2.24, 2.45) is 5.73 Å². The summed E-state index contributed by atoms with van der Waals surface area (Å²) in [4.78, 5) is 0. The van der Waals surface area contributed by atoms with Crippen LogP contribution in [0, 0.1) is 5.82 Å². The van der Waals surface area contributed by atoms with E-state index in [1.807, 2.05) is 0 Å². The number of halogens is 1. The molecule has 0 amide bonds. The molecular weight excluding hydrogens is 175 g/mol. The van der Waals surface area contributed by atoms with Crippen LogP contribution in [0.15, 0.2) is 18.2 Å². The molecule has 0 aliphatic rings. The van der Waals surface area contributed by atoms with Crippen molar-refractivity contribution in [2.75, 3.05) is 0 Å². The Bertz CT molecular complexity index is 410. The normalized spacial score (nSPS) is 10.8. The molecule has 1 aromatic heterocycles. The van der Waals surface area contributed by atoms with Crippen molar-refractivity contribution in [1.29, 1.82) is 0 Å². The number of hydrogen-bond acceptors (Lipinski definition) is 3. The molecule has 0 bridgehead atoms. The Kier molecular flexibility index (Phi) is 1.78. The number of hydrogen-bond donors (Lipinski definition) is 1. The van der Waals surface area contributed by atoms with Gasteiger partial charge >= 0.3 is 0 Å². The predicted molar refractivity (Wildman–Crippen MR) is 47.5 cm³/mol. The van der Waals surface area contributed by atoms with Crippen LogP contribution in [0.3, 0.4) is 0 Å². The lowest BCUT2D eigenvalue weighted by Crippen LogP contribution is -1.96. The monoisotopic (exact) mass is 182 g/mol. The molecule has 12 heavy (non-hydrogen) atoms. The smallest absolute Gasteiger partial charge is 0.123 e. The zero-order valence-corrected chi connectivity index (χ0v) is 7.07. The van der Waals surface area contributed by atoms with E-state index in [4.69, 9.17) is 5.73 Å². The second kappa shape index (κ2) is 2.80. The van der Waals surface area contributed by atoms with Gasteiger partial charge in [0.25, 0.3) is 0 Å². The Labute approximate surface area is 73.0 Å². The number of rotatable bonds is 1. The van der Waals surface area contributed by atoms with Crippen LogP contribution in [-0.4, -0.2) is 4.37 Å². The van der Waals surface area contributed by atoms with Crippen molar-refractivity contribution >= 4 is 21.6 Å². The molecule has 1 aromatic carbocycles. The van der Waals surface area contributed by atoms with Gasteiger partial charge in [0, 0.05) is 11.9 Å². The average Bonchev–Trinajstić information content (AvgIpc) is 2.46. The first-order valence-corrected chi connectivity index (χ1v) is 4.32. The molecule has 0 radical (unpaired) electrons. The second-order valence-electron chi connectivity index (χ2n) is 2.47. The van der Waals surface area contributed by atoms with Gasteiger partial charge in [-0.25, -0.2) is 4.39 Å². The van der Waals surface area contributed by atoms with Crippen molar-refractivity contribution in [2.45, 2.75) is 6.54 Å². The molecule has 62 valence electrons. The van der Waals surface area contributed by atoms with Crippen molar-refractivity contribution in [3.8, 4) is 0 Å². The summed E-state index contributed by atoms with van der Waals surface area (Å²) >= 11 is 1.35. The third-order valence-electron chi connectivity index (χ3n) is 1.70. The van der Waals surface area contributed by atoms with E-state index in [2.05, 4.69) is 4.37 Å². The number of fused-ring (bicyclic) bond motifs is 1. The van der Waals surface area contributed by atoms with E-state index in [0.29, 0.717) is 6.54 Å². The highest BCUT2D eigenvalue weighted by molar-refractivity contribution is 7.13. The molecule has 0 fully saturated rings. The molecule has 2 N–H and O–H groups in total. The third kappa shape index (κ3) is 1.09. The average molecular weight is 182 g/mol. The Morgan fingerprint density at radius 2 is 2.33 bits per heavy atom. The van der Waals surface area contributed by atoms with Gasteiger partial charge < -0.3 is 5.73 Å². The molecule has 0 saturated heterocycles. The maximum Gasteiger partial charge on any atom is 0.123 e. The first-order chi connectivity index (χ1) is 5.81. The summed E-state index contributed by atoms with van der Waals surface area (Å²) in [7, 11) is 0. The second-order valence-corrected chi connectivity index (χ2v) is 3.28. The number of aromatic nitrogens is 1. The van der Waals surface area contributed by atoms with Crippen molar-refractivity contribution in [3.05, 3.63) is 29.7 Å². The molecule has 0 spiro atoms. The minimum Gasteiger partial charge on any atom is -0.325 e. The highest BCUT2D eigenvalue weighted by Crippen LogP contribution is 2.22. The van der Waals surface area contributed by atoms with E-state index >= 15 is 0 Å². The van der Waals surface area contributed by atoms with Gasteiger partial charge in [-0.15, -0.1) is 0 Å². The van der Waals surface area contributed by atoms with Gasteiger partial charge in [0.05, 0.1) is 10.4 Å². The first-order valence-electron chi connectivity index (χ1n) is 3.55. The molecule has 0 aliphatic heterocycles. The summed E-state index contributed by atoms with van der Waals surface area (Å²) in [6, 6.07) is 4.63. The molecule has 2 rings (SSSR count). The van der Waals surface area contributed by atoms with Gasteiger partial charge in [-0.05, 0) is 29.7 Å².